The van der Waals surface area contributed by atoms with Crippen LogP contribution in [0, 0.1) is 0 Å². The lowest BCUT2D eigenvalue weighted by Crippen LogP contribution is -2.49. The Morgan fingerprint density at radius 3 is 2.30 bits per heavy atom. The Kier molecular flexibility index (Phi) is 5.68. The Balaban J connectivity index is 2.95. The van der Waals surface area contributed by atoms with Crippen molar-refractivity contribution in [2.45, 2.75) is 65.1 Å². The molecule has 1 unspecified atom stereocenters. The number of imide groups is 1. The molecular weight excluding hydrogens is 260 g/mol. The van der Waals surface area contributed by atoms with E-state index in [9.17, 15) is 14.4 Å². The fourth-order valence-corrected chi connectivity index (χ4v) is 2.74. The molecule has 6 heteroatoms. The molecule has 1 rings (SSSR count). The van der Waals surface area contributed by atoms with Crippen LogP contribution < -0.4 is 0 Å². The molecule has 0 saturated carbocycles. The predicted octanol–water partition coefficient (Wildman–Crippen LogP) is 1.10. The van der Waals surface area contributed by atoms with Crippen LogP contribution in [0.2, 0.25) is 0 Å². The standard InChI is InChI=1S/C14H24N2O4/c1-5-10(6-2)16-12(17)7-11(14(16)20)15(9(3)4)8-13(18)19/h9-11H,5-8H2,1-4H3,(H,18,19). The van der Waals surface area contributed by atoms with Gasteiger partial charge < -0.3 is 5.11 Å². The summed E-state index contributed by atoms with van der Waals surface area (Å²) in [6.07, 6.45) is 1.53. The molecule has 2 amide bonds. The molecular formula is C14H24N2O4. The molecule has 1 N–H and O–H groups in total. The Hall–Kier alpha value is -1.43. The molecule has 6 nitrogen and oxygen atoms in total. The van der Waals surface area contributed by atoms with Crippen LogP contribution in [-0.2, 0) is 14.4 Å². The van der Waals surface area contributed by atoms with Crippen molar-refractivity contribution in [3.63, 3.8) is 0 Å². The van der Waals surface area contributed by atoms with Crippen LogP contribution in [-0.4, -0.2) is 57.4 Å². The van der Waals surface area contributed by atoms with E-state index in [1.165, 1.54) is 4.90 Å². The van der Waals surface area contributed by atoms with Gasteiger partial charge in [-0.15, -0.1) is 0 Å². The van der Waals surface area contributed by atoms with Gasteiger partial charge in [0, 0.05) is 12.1 Å². The van der Waals surface area contributed by atoms with E-state index >= 15 is 0 Å². The maximum Gasteiger partial charge on any atom is 0.317 e. The lowest BCUT2D eigenvalue weighted by atomic mass is 10.1. The highest BCUT2D eigenvalue weighted by Crippen LogP contribution is 2.24. The van der Waals surface area contributed by atoms with Crippen molar-refractivity contribution in [3.05, 3.63) is 0 Å². The minimum Gasteiger partial charge on any atom is -0.480 e. The maximum atomic E-state index is 12.5. The largest absolute Gasteiger partial charge is 0.480 e. The summed E-state index contributed by atoms with van der Waals surface area (Å²) in [6.45, 7) is 7.33. The first-order valence-corrected chi connectivity index (χ1v) is 7.16. The van der Waals surface area contributed by atoms with Gasteiger partial charge in [-0.25, -0.2) is 0 Å². The second-order valence-electron chi connectivity index (χ2n) is 5.45. The Morgan fingerprint density at radius 2 is 1.90 bits per heavy atom. The third kappa shape index (κ3) is 3.36. The summed E-state index contributed by atoms with van der Waals surface area (Å²) in [5.41, 5.74) is 0. The van der Waals surface area contributed by atoms with Gasteiger partial charge in [-0.05, 0) is 26.7 Å². The van der Waals surface area contributed by atoms with E-state index in [2.05, 4.69) is 0 Å². The number of hydrogen-bond acceptors (Lipinski definition) is 4. The summed E-state index contributed by atoms with van der Waals surface area (Å²) < 4.78 is 0. The monoisotopic (exact) mass is 284 g/mol. The first kappa shape index (κ1) is 16.6. The van der Waals surface area contributed by atoms with E-state index in [4.69, 9.17) is 5.11 Å². The average molecular weight is 284 g/mol. The van der Waals surface area contributed by atoms with Crippen LogP contribution in [0.25, 0.3) is 0 Å². The highest BCUT2D eigenvalue weighted by molar-refractivity contribution is 6.06. The molecule has 1 atom stereocenters. The maximum absolute atomic E-state index is 12.5. The van der Waals surface area contributed by atoms with Gasteiger partial charge in [-0.2, -0.15) is 0 Å². The number of hydrogen-bond donors (Lipinski definition) is 1. The van der Waals surface area contributed by atoms with E-state index in [0.717, 1.165) is 12.8 Å². The topological polar surface area (TPSA) is 77.9 Å². The zero-order valence-corrected chi connectivity index (χ0v) is 12.6. The van der Waals surface area contributed by atoms with Gasteiger partial charge >= 0.3 is 5.97 Å². The summed E-state index contributed by atoms with van der Waals surface area (Å²) >= 11 is 0. The molecule has 0 aliphatic carbocycles. The number of carbonyl (C=O) groups excluding carboxylic acids is 2. The normalized spacial score (nSPS) is 19.8. The van der Waals surface area contributed by atoms with Crippen molar-refractivity contribution in [3.8, 4) is 0 Å². The number of aliphatic carboxylic acids is 1. The molecule has 0 aromatic rings. The van der Waals surface area contributed by atoms with Gasteiger partial charge in [-0.3, -0.25) is 24.2 Å². The number of carbonyl (C=O) groups is 3. The van der Waals surface area contributed by atoms with Gasteiger partial charge in [0.15, 0.2) is 0 Å². The Bertz CT molecular complexity index is 391. The molecule has 1 fully saturated rings. The van der Waals surface area contributed by atoms with E-state index in [1.807, 2.05) is 27.7 Å². The summed E-state index contributed by atoms with van der Waals surface area (Å²) in [5.74, 6) is -1.43. The number of rotatable bonds is 7. The van der Waals surface area contributed by atoms with Crippen molar-refractivity contribution < 1.29 is 19.5 Å². The molecule has 20 heavy (non-hydrogen) atoms. The van der Waals surface area contributed by atoms with Crippen LogP contribution >= 0.6 is 0 Å². The fourth-order valence-electron chi connectivity index (χ4n) is 2.74. The summed E-state index contributed by atoms with van der Waals surface area (Å²) in [7, 11) is 0. The van der Waals surface area contributed by atoms with Gasteiger partial charge in [0.25, 0.3) is 0 Å². The highest BCUT2D eigenvalue weighted by atomic mass is 16.4. The van der Waals surface area contributed by atoms with Crippen molar-refractivity contribution in [1.29, 1.82) is 0 Å². The van der Waals surface area contributed by atoms with Gasteiger partial charge in [0.05, 0.1) is 19.0 Å². The smallest absolute Gasteiger partial charge is 0.317 e. The number of carboxylic acid groups (broad SMARTS) is 1. The Morgan fingerprint density at radius 1 is 1.35 bits per heavy atom. The minimum atomic E-state index is -0.986. The first-order chi connectivity index (χ1) is 9.33. The second-order valence-corrected chi connectivity index (χ2v) is 5.45. The fraction of sp³-hybridized carbons (Fsp3) is 0.786. The summed E-state index contributed by atoms with van der Waals surface area (Å²) in [5, 5.41) is 8.96. The van der Waals surface area contributed by atoms with E-state index in [-0.39, 0.29) is 36.9 Å². The minimum absolute atomic E-state index is 0.0841. The van der Waals surface area contributed by atoms with E-state index in [1.54, 1.807) is 4.90 Å². The van der Waals surface area contributed by atoms with Crippen molar-refractivity contribution in [2.24, 2.45) is 0 Å². The van der Waals surface area contributed by atoms with Crippen molar-refractivity contribution in [2.75, 3.05) is 6.54 Å². The molecule has 1 saturated heterocycles. The highest BCUT2D eigenvalue weighted by Gasteiger charge is 2.45. The second kappa shape index (κ2) is 6.83. The lowest BCUT2D eigenvalue weighted by molar-refractivity contribution is -0.143. The number of likely N-dealkylation sites (tertiary alicyclic amines) is 1. The van der Waals surface area contributed by atoms with E-state index in [0.29, 0.717) is 0 Å². The molecule has 0 aromatic carbocycles. The van der Waals surface area contributed by atoms with Crippen LogP contribution in [0.15, 0.2) is 0 Å². The van der Waals surface area contributed by atoms with Gasteiger partial charge in [0.1, 0.15) is 0 Å². The molecule has 0 bridgehead atoms. The van der Waals surface area contributed by atoms with Crippen LogP contribution in [0.3, 0.4) is 0 Å². The molecule has 0 radical (unpaired) electrons. The average Bonchev–Trinajstić information content (AvgIpc) is 2.65. The van der Waals surface area contributed by atoms with E-state index < -0.39 is 12.0 Å². The number of carboxylic acids is 1. The number of amides is 2. The van der Waals surface area contributed by atoms with Gasteiger partial charge in [-0.1, -0.05) is 13.8 Å². The SMILES string of the molecule is CCC(CC)N1C(=O)CC(N(CC(=O)O)C(C)C)C1=O. The molecule has 114 valence electrons. The summed E-state index contributed by atoms with van der Waals surface area (Å²) in [6, 6.07) is -0.826. The van der Waals surface area contributed by atoms with Crippen molar-refractivity contribution >= 4 is 17.8 Å². The van der Waals surface area contributed by atoms with Crippen LogP contribution in [0.5, 0.6) is 0 Å². The quantitative estimate of drug-likeness (QED) is 0.708. The summed E-state index contributed by atoms with van der Waals surface area (Å²) in [4.78, 5) is 38.4. The zero-order chi connectivity index (χ0) is 15.4. The number of nitrogens with zero attached hydrogens (tertiary/aromatic N) is 2. The molecule has 1 aliphatic heterocycles. The van der Waals surface area contributed by atoms with Crippen LogP contribution in [0.1, 0.15) is 47.0 Å². The van der Waals surface area contributed by atoms with Crippen molar-refractivity contribution in [1.82, 2.24) is 9.80 Å². The molecule has 0 aromatic heterocycles. The molecule has 0 spiro atoms. The molecule has 1 heterocycles. The van der Waals surface area contributed by atoms with Crippen LogP contribution in [0.4, 0.5) is 0 Å². The van der Waals surface area contributed by atoms with Gasteiger partial charge in [0.2, 0.25) is 11.8 Å². The third-order valence-electron chi connectivity index (χ3n) is 3.85. The Labute approximate surface area is 119 Å². The lowest BCUT2D eigenvalue weighted by Gasteiger charge is -2.30. The molecule has 1 aliphatic rings. The first-order valence-electron chi connectivity index (χ1n) is 7.16. The predicted molar refractivity (Wildman–Crippen MR) is 74.1 cm³/mol. The third-order valence-corrected chi connectivity index (χ3v) is 3.85. The zero-order valence-electron chi connectivity index (χ0n) is 12.6.